The van der Waals surface area contributed by atoms with Gasteiger partial charge in [-0.25, -0.2) is 4.79 Å². The summed E-state index contributed by atoms with van der Waals surface area (Å²) in [5.74, 6) is -2.16. The second kappa shape index (κ2) is 10.1. The zero-order valence-corrected chi connectivity index (χ0v) is 20.3. The number of amides is 3. The summed E-state index contributed by atoms with van der Waals surface area (Å²) in [6, 6.07) is 7.93. The van der Waals surface area contributed by atoms with Gasteiger partial charge in [0.25, 0.3) is 5.91 Å². The second-order valence-electron chi connectivity index (χ2n) is 9.54. The third kappa shape index (κ3) is 6.34. The highest BCUT2D eigenvalue weighted by Crippen LogP contribution is 2.30. The van der Waals surface area contributed by atoms with Crippen LogP contribution in [-0.4, -0.2) is 62.5 Å². The van der Waals surface area contributed by atoms with Crippen LogP contribution in [0, 0.1) is 0 Å². The molecule has 1 aliphatic heterocycles. The molecule has 0 saturated carbocycles. The van der Waals surface area contributed by atoms with Crippen LogP contribution >= 0.6 is 0 Å². The number of carboxylic acids is 1. The van der Waals surface area contributed by atoms with Crippen LogP contribution in [0.2, 0.25) is 0 Å². The van der Waals surface area contributed by atoms with Gasteiger partial charge in [0.1, 0.15) is 11.6 Å². The quantitative estimate of drug-likeness (QED) is 0.589. The molecule has 0 radical (unpaired) electrons. The summed E-state index contributed by atoms with van der Waals surface area (Å²) in [5, 5.41) is 8.95. The SMILES string of the molecule is CN(Cc1ccnc(-c2ccc3c(c2)CN([C@@H](CCC(=O)O)C(N)=O)C3=O)c1)C(=O)OC(C)(C)C. The van der Waals surface area contributed by atoms with Crippen LogP contribution in [0.3, 0.4) is 0 Å². The number of fused-ring (bicyclic) bond motifs is 1. The molecule has 0 fully saturated rings. The van der Waals surface area contributed by atoms with Gasteiger partial charge in [-0.1, -0.05) is 6.07 Å². The molecule has 3 amide bonds. The molecule has 0 saturated heterocycles. The van der Waals surface area contributed by atoms with E-state index < -0.39 is 29.6 Å². The fraction of sp³-hybridized carbons (Fsp3) is 0.400. The number of primary amides is 1. The van der Waals surface area contributed by atoms with Gasteiger partial charge in [0, 0.05) is 43.9 Å². The molecule has 10 nitrogen and oxygen atoms in total. The van der Waals surface area contributed by atoms with Crippen LogP contribution in [0.5, 0.6) is 0 Å². The average molecular weight is 483 g/mol. The molecule has 1 atom stereocenters. The number of carbonyl (C=O) groups is 4. The Hall–Kier alpha value is -3.95. The normalized spacial score (nSPS) is 13.8. The zero-order valence-electron chi connectivity index (χ0n) is 20.3. The maximum atomic E-state index is 12.9. The highest BCUT2D eigenvalue weighted by Gasteiger charge is 2.35. The standard InChI is InChI=1S/C25H30N4O6/c1-25(2,3)35-24(34)28(4)13-15-9-10-27-19(11-15)16-5-6-18-17(12-16)14-29(23(18)33)20(22(26)32)7-8-21(30)31/h5-6,9-12,20H,7-8,13-14H2,1-4H3,(H2,26,32)(H,30,31)/t20-/m0/s1. The minimum absolute atomic E-state index is 0.0496. The number of nitrogens with two attached hydrogens (primary N) is 1. The van der Waals surface area contributed by atoms with E-state index in [0.717, 1.165) is 11.1 Å². The summed E-state index contributed by atoms with van der Waals surface area (Å²) >= 11 is 0. The lowest BCUT2D eigenvalue weighted by atomic mass is 10.0. The summed E-state index contributed by atoms with van der Waals surface area (Å²) < 4.78 is 5.39. The van der Waals surface area contributed by atoms with Gasteiger partial charge >= 0.3 is 12.1 Å². The van der Waals surface area contributed by atoms with E-state index >= 15 is 0 Å². The first-order chi connectivity index (χ1) is 16.4. The summed E-state index contributed by atoms with van der Waals surface area (Å²) in [6.45, 7) is 5.89. The summed E-state index contributed by atoms with van der Waals surface area (Å²) in [5.41, 5.74) is 8.28. The van der Waals surface area contributed by atoms with E-state index in [0.29, 0.717) is 23.4 Å². The fourth-order valence-electron chi connectivity index (χ4n) is 3.87. The van der Waals surface area contributed by atoms with Crippen molar-refractivity contribution < 1.29 is 29.0 Å². The van der Waals surface area contributed by atoms with Crippen molar-refractivity contribution in [2.75, 3.05) is 7.05 Å². The highest BCUT2D eigenvalue weighted by molar-refractivity contribution is 6.01. The first-order valence-corrected chi connectivity index (χ1v) is 11.2. The van der Waals surface area contributed by atoms with Crippen LogP contribution in [-0.2, 0) is 27.4 Å². The third-order valence-corrected chi connectivity index (χ3v) is 5.52. The maximum Gasteiger partial charge on any atom is 0.410 e. The van der Waals surface area contributed by atoms with Gasteiger partial charge in [-0.3, -0.25) is 19.4 Å². The Morgan fingerprint density at radius 3 is 2.57 bits per heavy atom. The molecule has 186 valence electrons. The van der Waals surface area contributed by atoms with Gasteiger partial charge < -0.3 is 25.4 Å². The maximum absolute atomic E-state index is 12.9. The molecule has 3 N–H and O–H groups in total. The second-order valence-corrected chi connectivity index (χ2v) is 9.54. The monoisotopic (exact) mass is 482 g/mol. The highest BCUT2D eigenvalue weighted by atomic mass is 16.6. The van der Waals surface area contributed by atoms with Gasteiger partial charge in [-0.05, 0) is 62.6 Å². The number of aliphatic carboxylic acids is 1. The van der Waals surface area contributed by atoms with E-state index in [9.17, 15) is 19.2 Å². The number of nitrogens with zero attached hydrogens (tertiary/aromatic N) is 3. The van der Waals surface area contributed by atoms with E-state index in [4.69, 9.17) is 15.6 Å². The number of hydrogen-bond donors (Lipinski definition) is 2. The molecule has 0 spiro atoms. The van der Waals surface area contributed by atoms with Crippen molar-refractivity contribution in [1.82, 2.24) is 14.8 Å². The van der Waals surface area contributed by atoms with Gasteiger partial charge in [-0.2, -0.15) is 0 Å². The molecule has 10 heteroatoms. The van der Waals surface area contributed by atoms with Crippen molar-refractivity contribution in [1.29, 1.82) is 0 Å². The topological polar surface area (TPSA) is 143 Å². The minimum Gasteiger partial charge on any atom is -0.481 e. The first-order valence-electron chi connectivity index (χ1n) is 11.2. The molecule has 2 heterocycles. The fourth-order valence-corrected chi connectivity index (χ4v) is 3.87. The smallest absolute Gasteiger partial charge is 0.410 e. The predicted octanol–water partition coefficient (Wildman–Crippen LogP) is 2.79. The lowest BCUT2D eigenvalue weighted by Gasteiger charge is -2.24. The average Bonchev–Trinajstić information content (AvgIpc) is 3.08. The Morgan fingerprint density at radius 1 is 1.23 bits per heavy atom. The molecule has 3 rings (SSSR count). The first kappa shape index (κ1) is 25.7. The summed E-state index contributed by atoms with van der Waals surface area (Å²) in [7, 11) is 1.66. The molecule has 0 bridgehead atoms. The summed E-state index contributed by atoms with van der Waals surface area (Å²) in [4.78, 5) is 55.2. The van der Waals surface area contributed by atoms with Gasteiger partial charge in [0.15, 0.2) is 0 Å². The molecule has 1 aliphatic rings. The Kier molecular flexibility index (Phi) is 7.42. The molecule has 0 aliphatic carbocycles. The van der Waals surface area contributed by atoms with Crippen LogP contribution < -0.4 is 5.73 Å². The molecule has 2 aromatic rings. The van der Waals surface area contributed by atoms with Crippen molar-refractivity contribution in [2.45, 2.75) is 58.3 Å². The van der Waals surface area contributed by atoms with E-state index in [-0.39, 0.29) is 25.3 Å². The van der Waals surface area contributed by atoms with Crippen LogP contribution in [0.15, 0.2) is 36.5 Å². The Morgan fingerprint density at radius 2 is 1.94 bits per heavy atom. The van der Waals surface area contributed by atoms with Crippen LogP contribution in [0.1, 0.15) is 55.1 Å². The molecular formula is C25H30N4O6. The zero-order chi connectivity index (χ0) is 25.9. The van der Waals surface area contributed by atoms with Gasteiger partial charge in [-0.15, -0.1) is 0 Å². The Labute approximate surface area is 203 Å². The minimum atomic E-state index is -1.06. The number of rotatable bonds is 8. The lowest BCUT2D eigenvalue weighted by Crippen LogP contribution is -2.45. The number of hydrogen-bond acceptors (Lipinski definition) is 6. The van der Waals surface area contributed by atoms with E-state index in [2.05, 4.69) is 4.98 Å². The molecule has 1 aromatic heterocycles. The van der Waals surface area contributed by atoms with Gasteiger partial charge in [0.2, 0.25) is 5.91 Å². The van der Waals surface area contributed by atoms with Crippen molar-refractivity contribution >= 4 is 23.9 Å². The number of carbonyl (C=O) groups excluding carboxylic acids is 3. The Bertz CT molecular complexity index is 1160. The molecule has 0 unspecified atom stereocenters. The Balaban J connectivity index is 1.78. The largest absolute Gasteiger partial charge is 0.481 e. The third-order valence-electron chi connectivity index (χ3n) is 5.52. The lowest BCUT2D eigenvalue weighted by molar-refractivity contribution is -0.137. The van der Waals surface area contributed by atoms with Crippen molar-refractivity contribution in [3.63, 3.8) is 0 Å². The predicted molar refractivity (Wildman–Crippen MR) is 127 cm³/mol. The number of benzene rings is 1. The van der Waals surface area contributed by atoms with Crippen LogP contribution in [0.25, 0.3) is 11.3 Å². The van der Waals surface area contributed by atoms with Crippen molar-refractivity contribution in [2.24, 2.45) is 5.73 Å². The number of pyridine rings is 1. The van der Waals surface area contributed by atoms with Crippen molar-refractivity contribution in [3.8, 4) is 11.3 Å². The summed E-state index contributed by atoms with van der Waals surface area (Å²) in [6.07, 6.45) is 0.895. The number of aromatic nitrogens is 1. The molecular weight excluding hydrogens is 452 g/mol. The number of ether oxygens (including phenoxy) is 1. The van der Waals surface area contributed by atoms with Crippen molar-refractivity contribution in [3.05, 3.63) is 53.2 Å². The van der Waals surface area contributed by atoms with Crippen LogP contribution in [0.4, 0.5) is 4.79 Å². The van der Waals surface area contributed by atoms with E-state index in [1.807, 2.05) is 18.2 Å². The van der Waals surface area contributed by atoms with E-state index in [1.165, 1.54) is 9.80 Å². The van der Waals surface area contributed by atoms with E-state index in [1.54, 1.807) is 46.1 Å². The molecule has 35 heavy (non-hydrogen) atoms. The molecule has 1 aromatic carbocycles. The number of carboxylic acid groups (broad SMARTS) is 1. The van der Waals surface area contributed by atoms with Gasteiger partial charge in [0.05, 0.1) is 5.69 Å².